The number of hydrogen-bond donors (Lipinski definition) is 7. The van der Waals surface area contributed by atoms with Gasteiger partial charge in [-0.15, -0.1) is 10.6 Å². The predicted molar refractivity (Wildman–Crippen MR) is 153 cm³/mol. The Morgan fingerprint density at radius 2 is 2.00 bits per heavy atom. The summed E-state index contributed by atoms with van der Waals surface area (Å²) in [5, 5.41) is 8.66. The highest BCUT2D eigenvalue weighted by Gasteiger charge is 2.59. The van der Waals surface area contributed by atoms with Crippen LogP contribution in [0.2, 0.25) is 0 Å². The number of anilines is 4. The lowest BCUT2D eigenvalue weighted by molar-refractivity contribution is -0.0547. The van der Waals surface area contributed by atoms with E-state index in [4.69, 9.17) is 50.8 Å². The van der Waals surface area contributed by atoms with Crippen LogP contribution in [0.25, 0.3) is 11.2 Å². The molecule has 0 radical (unpaired) electrons. The van der Waals surface area contributed by atoms with Gasteiger partial charge in [-0.05, 0) is 11.8 Å². The van der Waals surface area contributed by atoms with Crippen molar-refractivity contribution < 1.29 is 45.8 Å². The number of aromatic amines is 1. The molecule has 2 bridgehead atoms. The van der Waals surface area contributed by atoms with E-state index >= 15 is 8.78 Å². The number of rotatable bonds is 2. The van der Waals surface area contributed by atoms with Crippen molar-refractivity contribution in [3.05, 3.63) is 16.7 Å². The van der Waals surface area contributed by atoms with Crippen molar-refractivity contribution in [1.29, 1.82) is 0 Å². The van der Waals surface area contributed by atoms with E-state index in [9.17, 15) is 14.3 Å². The van der Waals surface area contributed by atoms with E-state index in [1.807, 2.05) is 0 Å². The normalized spacial score (nSPS) is 38.6. The molecule has 8 N–H and O–H groups in total. The molecule has 244 valence electrons. The quantitative estimate of drug-likeness (QED) is 0.124. The molecule has 27 heteroatoms. The Morgan fingerprint density at radius 3 is 2.80 bits per heavy atom. The molecule has 9 atom stereocenters. The maximum absolute atomic E-state index is 16.8. The van der Waals surface area contributed by atoms with E-state index in [1.165, 1.54) is 0 Å². The molecule has 2 unspecified atom stereocenters. The number of nitrogens with one attached hydrogen (secondary N) is 3. The van der Waals surface area contributed by atoms with E-state index in [1.54, 1.807) is 0 Å². The molecular weight excluding hydrogens is 692 g/mol. The van der Waals surface area contributed by atoms with Crippen molar-refractivity contribution in [3.8, 4) is 0 Å². The Bertz CT molecular complexity index is 1830. The molecular formula is C18H22F2N12O9P2S2. The molecule has 3 saturated heterocycles. The number of fused-ring (bicyclic) bond motifs is 5. The van der Waals surface area contributed by atoms with Crippen molar-refractivity contribution >= 4 is 72.0 Å². The van der Waals surface area contributed by atoms with E-state index < -0.39 is 81.5 Å². The van der Waals surface area contributed by atoms with Gasteiger partial charge in [-0.25, -0.2) is 28.3 Å². The standard InChI is InChI=1S/C18H22F2N12O9P2S2/c19-7-5-1-37-43(35,45)41-11-6(36-3-18(11,20)32-13-8(27-30-32)12(21)23-4-24-13)2-38-42(34,44)40-10(7)16(39-5)31-14-9(28-29-31)15(33)26-17(22)25-14/h4-7,10-11,16,28-29H,1-3H2,(H,34,44)(H,35,45)(H2,21,23,24)(H3,22,25,26,33)/t5-,6-,7-,10+,11-,16-,18-,42?,43?/m1/s1. The first kappa shape index (κ1) is 31.0. The number of nitrogen functional groups attached to an aromatic ring is 2. The lowest BCUT2D eigenvalue weighted by Crippen LogP contribution is -2.50. The summed E-state index contributed by atoms with van der Waals surface area (Å²) in [7, 11) is 0. The molecule has 3 aromatic heterocycles. The van der Waals surface area contributed by atoms with Crippen LogP contribution >= 0.6 is 25.8 Å². The minimum atomic E-state index is -4.51. The zero-order valence-corrected chi connectivity index (χ0v) is 25.7. The molecule has 7 heterocycles. The largest absolute Gasteiger partial charge is 0.386 e. The Labute approximate surface area is 259 Å². The summed E-state index contributed by atoms with van der Waals surface area (Å²) in [5.74, 6) is -3.21. The fraction of sp³-hybridized carbons (Fsp3) is 0.556. The summed E-state index contributed by atoms with van der Waals surface area (Å²) in [4.78, 5) is 37.4. The number of hydrazine groups is 2. The number of ether oxygens (including phenoxy) is 2. The fourth-order valence-corrected chi connectivity index (χ4v) is 8.01. The zero-order valence-electron chi connectivity index (χ0n) is 22.2. The SMILES string of the molecule is Nc1nc2c(c(=O)[nH]1)NNN2[C@@H]1O[C@@H]2COP(O)(=S)O[C@@H]3[C@@H](COP(=O)(S)O[C@H]1[C@@H]2F)OC[C@@]3(F)n1nnc2c(N)ncnc21. The van der Waals surface area contributed by atoms with Crippen LogP contribution in [-0.2, 0) is 49.7 Å². The first-order chi connectivity index (χ1) is 21.3. The highest BCUT2D eigenvalue weighted by molar-refractivity contribution is 8.44. The maximum Gasteiger partial charge on any atom is 0.386 e. The van der Waals surface area contributed by atoms with Gasteiger partial charge in [-0.1, -0.05) is 17.5 Å². The highest BCUT2D eigenvalue weighted by atomic mass is 32.7. The van der Waals surface area contributed by atoms with Crippen molar-refractivity contribution in [1.82, 2.24) is 40.5 Å². The Hall–Kier alpha value is -2.67. The highest BCUT2D eigenvalue weighted by Crippen LogP contribution is 2.58. The molecule has 0 aromatic carbocycles. The number of alkyl halides is 2. The molecule has 45 heavy (non-hydrogen) atoms. The number of thiol groups is 1. The van der Waals surface area contributed by atoms with Gasteiger partial charge in [0.05, 0.1) is 13.2 Å². The molecule has 0 amide bonds. The summed E-state index contributed by atoms with van der Waals surface area (Å²) in [6.07, 6.45) is -9.12. The molecule has 3 fully saturated rings. The molecule has 21 nitrogen and oxygen atoms in total. The summed E-state index contributed by atoms with van der Waals surface area (Å²) in [6, 6.07) is 0. The number of nitrogens with zero attached hydrogens (tertiary/aromatic N) is 7. The van der Waals surface area contributed by atoms with E-state index in [0.29, 0.717) is 4.68 Å². The molecule has 4 aliphatic heterocycles. The third kappa shape index (κ3) is 5.35. The van der Waals surface area contributed by atoms with Gasteiger partial charge in [0, 0.05) is 0 Å². The second kappa shape index (κ2) is 11.0. The first-order valence-electron chi connectivity index (χ1n) is 12.7. The first-order valence-corrected chi connectivity index (χ1v) is 18.0. The minimum absolute atomic E-state index is 0.0312. The monoisotopic (exact) mass is 714 g/mol. The summed E-state index contributed by atoms with van der Waals surface area (Å²) in [5.41, 5.74) is 15.7. The lowest BCUT2D eigenvalue weighted by Gasteiger charge is -2.32. The van der Waals surface area contributed by atoms with Crippen LogP contribution in [0.15, 0.2) is 11.1 Å². The average molecular weight is 715 g/mol. The number of nitrogens with two attached hydrogens (primary N) is 2. The van der Waals surface area contributed by atoms with Crippen LogP contribution in [0.1, 0.15) is 0 Å². The minimum Gasteiger partial charge on any atom is -0.382 e. The molecule has 3 aromatic rings. The number of aromatic nitrogens is 7. The second-order valence-electron chi connectivity index (χ2n) is 9.99. The van der Waals surface area contributed by atoms with Crippen LogP contribution < -0.4 is 33.0 Å². The number of hydrogen-bond acceptors (Lipinski definition) is 19. The van der Waals surface area contributed by atoms with Crippen LogP contribution in [0.5, 0.6) is 0 Å². The van der Waals surface area contributed by atoms with Crippen LogP contribution in [0, 0.1) is 0 Å². The number of H-pyrrole nitrogens is 1. The van der Waals surface area contributed by atoms with Gasteiger partial charge < -0.3 is 30.4 Å². The van der Waals surface area contributed by atoms with Crippen LogP contribution in [0.4, 0.5) is 32.1 Å². The maximum atomic E-state index is 16.8. The molecule has 7 rings (SSSR count). The molecule has 4 aliphatic rings. The fourth-order valence-electron chi connectivity index (χ4n) is 5.12. The van der Waals surface area contributed by atoms with Crippen LogP contribution in [0.3, 0.4) is 0 Å². The van der Waals surface area contributed by atoms with Gasteiger partial charge in [0.15, 0.2) is 47.0 Å². The second-order valence-corrected chi connectivity index (χ2v) is 15.7. The van der Waals surface area contributed by atoms with Gasteiger partial charge in [0.25, 0.3) is 11.4 Å². The van der Waals surface area contributed by atoms with E-state index in [0.717, 1.165) is 11.3 Å². The summed E-state index contributed by atoms with van der Waals surface area (Å²) in [6.45, 7) is -11.2. The van der Waals surface area contributed by atoms with Crippen molar-refractivity contribution in [2.45, 2.75) is 42.6 Å². The van der Waals surface area contributed by atoms with Crippen molar-refractivity contribution in [2.24, 2.45) is 0 Å². The molecule has 0 spiro atoms. The number of halogens is 2. The van der Waals surface area contributed by atoms with Gasteiger partial charge in [-0.2, -0.15) is 9.67 Å². The third-order valence-corrected chi connectivity index (χ3v) is 10.3. The summed E-state index contributed by atoms with van der Waals surface area (Å²) < 4.78 is 80.1. The topological polar surface area (TPSA) is 274 Å². The molecule has 0 aliphatic carbocycles. The van der Waals surface area contributed by atoms with E-state index in [2.05, 4.69) is 53.5 Å². The third-order valence-electron chi connectivity index (χ3n) is 7.16. The Kier molecular flexibility index (Phi) is 7.54. The Balaban J connectivity index is 1.20. The van der Waals surface area contributed by atoms with Gasteiger partial charge in [-0.3, -0.25) is 28.8 Å². The van der Waals surface area contributed by atoms with E-state index in [-0.39, 0.29) is 34.4 Å². The smallest absolute Gasteiger partial charge is 0.382 e. The van der Waals surface area contributed by atoms with Gasteiger partial charge in [0.1, 0.15) is 31.2 Å². The lowest BCUT2D eigenvalue weighted by atomic mass is 10.1. The van der Waals surface area contributed by atoms with Crippen molar-refractivity contribution in [2.75, 3.05) is 41.7 Å². The van der Waals surface area contributed by atoms with Gasteiger partial charge >= 0.3 is 13.5 Å². The Morgan fingerprint density at radius 1 is 1.22 bits per heavy atom. The zero-order chi connectivity index (χ0) is 31.9. The van der Waals surface area contributed by atoms with Crippen LogP contribution in [-0.4, -0.2) is 96.5 Å². The molecule has 0 saturated carbocycles. The predicted octanol–water partition coefficient (Wildman–Crippen LogP) is -1.02. The van der Waals surface area contributed by atoms with Gasteiger partial charge in [0.2, 0.25) is 5.95 Å². The summed E-state index contributed by atoms with van der Waals surface area (Å²) >= 11 is 9.12. The average Bonchev–Trinajstić information content (AvgIpc) is 3.73. The van der Waals surface area contributed by atoms with Crippen molar-refractivity contribution in [3.63, 3.8) is 0 Å².